The number of nitrogens with zero attached hydrogens (tertiary/aromatic N) is 4. The molecule has 1 unspecified atom stereocenters. The summed E-state index contributed by atoms with van der Waals surface area (Å²) in [6, 6.07) is 22.4. The molecular weight excluding hydrogens is 450 g/mol. The Balaban J connectivity index is 1.74. The van der Waals surface area contributed by atoms with Crippen molar-refractivity contribution >= 4 is 34.2 Å². The van der Waals surface area contributed by atoms with Crippen molar-refractivity contribution in [3.05, 3.63) is 105 Å². The lowest BCUT2D eigenvalue weighted by molar-refractivity contribution is 0.185. The van der Waals surface area contributed by atoms with Crippen molar-refractivity contribution in [2.45, 2.75) is 19.5 Å². The zero-order valence-corrected chi connectivity index (χ0v) is 19.5. The van der Waals surface area contributed by atoms with Gasteiger partial charge in [0.15, 0.2) is 0 Å². The number of urea groups is 1. The SMILES string of the molecule is CC(c1nc2ccc(Cl)cc2c(=O)n1C)N(Cc1ccccc1)C(=O)Nc1cccc(C#N)c1. The van der Waals surface area contributed by atoms with E-state index in [4.69, 9.17) is 16.6 Å². The number of carbonyl (C=O) groups excluding carboxylic acids is 1. The lowest BCUT2D eigenvalue weighted by atomic mass is 10.1. The molecule has 0 spiro atoms. The highest BCUT2D eigenvalue weighted by atomic mass is 35.5. The zero-order valence-electron chi connectivity index (χ0n) is 18.7. The number of halogens is 1. The summed E-state index contributed by atoms with van der Waals surface area (Å²) in [5.74, 6) is 0.441. The van der Waals surface area contributed by atoms with Gasteiger partial charge in [-0.05, 0) is 48.9 Å². The molecule has 34 heavy (non-hydrogen) atoms. The first-order chi connectivity index (χ1) is 16.4. The zero-order chi connectivity index (χ0) is 24.2. The van der Waals surface area contributed by atoms with Crippen LogP contribution in [0.4, 0.5) is 10.5 Å². The molecule has 0 aliphatic rings. The minimum atomic E-state index is -0.544. The van der Waals surface area contributed by atoms with Crippen molar-refractivity contribution in [3.63, 3.8) is 0 Å². The van der Waals surface area contributed by atoms with Gasteiger partial charge in [0, 0.05) is 24.3 Å². The molecule has 0 aliphatic heterocycles. The maximum Gasteiger partial charge on any atom is 0.322 e. The number of aromatic nitrogens is 2. The molecular formula is C26H22ClN5O2. The number of anilines is 1. The predicted octanol–water partition coefficient (Wildman–Crippen LogP) is 5.25. The second-order valence-corrected chi connectivity index (χ2v) is 8.34. The maximum absolute atomic E-state index is 13.4. The van der Waals surface area contributed by atoms with Crippen molar-refractivity contribution in [2.75, 3.05) is 5.32 Å². The largest absolute Gasteiger partial charge is 0.322 e. The number of nitrogens with one attached hydrogen (secondary N) is 1. The van der Waals surface area contributed by atoms with Gasteiger partial charge in [-0.2, -0.15) is 5.26 Å². The van der Waals surface area contributed by atoms with Crippen LogP contribution in [0, 0.1) is 11.3 Å². The fourth-order valence-electron chi connectivity index (χ4n) is 3.80. The van der Waals surface area contributed by atoms with Crippen LogP contribution in [-0.4, -0.2) is 20.5 Å². The summed E-state index contributed by atoms with van der Waals surface area (Å²) in [6.45, 7) is 2.12. The second-order valence-electron chi connectivity index (χ2n) is 7.91. The second kappa shape index (κ2) is 9.77. The number of carbonyl (C=O) groups is 1. The quantitative estimate of drug-likeness (QED) is 0.430. The summed E-state index contributed by atoms with van der Waals surface area (Å²) in [5.41, 5.74) is 2.14. The first-order valence-electron chi connectivity index (χ1n) is 10.7. The normalized spacial score (nSPS) is 11.6. The average molecular weight is 472 g/mol. The molecule has 4 rings (SSSR count). The van der Waals surface area contributed by atoms with E-state index in [1.165, 1.54) is 4.57 Å². The highest BCUT2D eigenvalue weighted by Crippen LogP contribution is 2.24. The van der Waals surface area contributed by atoms with E-state index in [9.17, 15) is 14.9 Å². The van der Waals surface area contributed by atoms with Gasteiger partial charge in [0.1, 0.15) is 5.82 Å². The third kappa shape index (κ3) is 4.77. The van der Waals surface area contributed by atoms with Crippen molar-refractivity contribution in [1.82, 2.24) is 14.5 Å². The molecule has 1 N–H and O–H groups in total. The summed E-state index contributed by atoms with van der Waals surface area (Å²) in [5, 5.41) is 12.9. The molecule has 0 fully saturated rings. The van der Waals surface area contributed by atoms with Gasteiger partial charge in [-0.1, -0.05) is 48.0 Å². The Morgan fingerprint density at radius 1 is 1.15 bits per heavy atom. The number of rotatable bonds is 5. The van der Waals surface area contributed by atoms with Crippen LogP contribution in [0.1, 0.15) is 29.9 Å². The lowest BCUT2D eigenvalue weighted by Crippen LogP contribution is -2.39. The van der Waals surface area contributed by atoms with Crippen LogP contribution >= 0.6 is 11.6 Å². The van der Waals surface area contributed by atoms with E-state index in [-0.39, 0.29) is 11.6 Å². The molecule has 7 nitrogen and oxygen atoms in total. The predicted molar refractivity (Wildman–Crippen MR) is 133 cm³/mol. The first kappa shape index (κ1) is 23.0. The minimum absolute atomic E-state index is 0.240. The summed E-state index contributed by atoms with van der Waals surface area (Å²) in [7, 11) is 1.64. The summed E-state index contributed by atoms with van der Waals surface area (Å²) < 4.78 is 1.45. The summed E-state index contributed by atoms with van der Waals surface area (Å²) in [6.07, 6.45) is 0. The smallest absolute Gasteiger partial charge is 0.310 e. The Hall–Kier alpha value is -4.15. The molecule has 0 saturated carbocycles. The average Bonchev–Trinajstić information content (AvgIpc) is 2.85. The van der Waals surface area contributed by atoms with E-state index < -0.39 is 6.04 Å². The van der Waals surface area contributed by atoms with Crippen molar-refractivity contribution < 1.29 is 4.79 Å². The third-order valence-corrected chi connectivity index (χ3v) is 5.85. The van der Waals surface area contributed by atoms with E-state index in [0.29, 0.717) is 39.5 Å². The number of amides is 2. The number of hydrogen-bond donors (Lipinski definition) is 1. The third-order valence-electron chi connectivity index (χ3n) is 5.61. The van der Waals surface area contributed by atoms with Crippen LogP contribution in [0.15, 0.2) is 77.6 Å². The Kier molecular flexibility index (Phi) is 6.62. The fraction of sp³-hybridized carbons (Fsp3) is 0.154. The molecule has 0 aliphatic carbocycles. The van der Waals surface area contributed by atoms with E-state index in [1.807, 2.05) is 37.3 Å². The molecule has 0 saturated heterocycles. The van der Waals surface area contributed by atoms with Crippen molar-refractivity contribution in [1.29, 1.82) is 5.26 Å². The number of hydrogen-bond acceptors (Lipinski definition) is 4. The van der Waals surface area contributed by atoms with Gasteiger partial charge in [0.25, 0.3) is 5.56 Å². The molecule has 1 aromatic heterocycles. The van der Waals surface area contributed by atoms with Crippen LogP contribution in [0.25, 0.3) is 10.9 Å². The Morgan fingerprint density at radius 3 is 2.65 bits per heavy atom. The van der Waals surface area contributed by atoms with E-state index in [2.05, 4.69) is 11.4 Å². The highest BCUT2D eigenvalue weighted by Gasteiger charge is 2.26. The fourth-order valence-corrected chi connectivity index (χ4v) is 3.97. The van der Waals surface area contributed by atoms with Gasteiger partial charge >= 0.3 is 6.03 Å². The molecule has 170 valence electrons. The molecule has 2 amide bonds. The van der Waals surface area contributed by atoms with Gasteiger partial charge < -0.3 is 10.2 Å². The van der Waals surface area contributed by atoms with Crippen LogP contribution in [0.3, 0.4) is 0 Å². The molecule has 3 aromatic carbocycles. The molecule has 0 radical (unpaired) electrons. The van der Waals surface area contributed by atoms with Gasteiger partial charge in [0.2, 0.25) is 0 Å². The van der Waals surface area contributed by atoms with Crippen LogP contribution in [0.5, 0.6) is 0 Å². The lowest BCUT2D eigenvalue weighted by Gasteiger charge is -2.30. The molecule has 4 aromatic rings. The van der Waals surface area contributed by atoms with Gasteiger partial charge in [-0.15, -0.1) is 0 Å². The monoisotopic (exact) mass is 471 g/mol. The van der Waals surface area contributed by atoms with E-state index >= 15 is 0 Å². The topological polar surface area (TPSA) is 91.0 Å². The van der Waals surface area contributed by atoms with Gasteiger partial charge in [-0.25, -0.2) is 9.78 Å². The first-order valence-corrected chi connectivity index (χ1v) is 11.0. The molecule has 0 bridgehead atoms. The Labute approximate surface area is 201 Å². The maximum atomic E-state index is 13.4. The standard InChI is InChI=1S/C26H22ClN5O2/c1-17(24-30-23-12-11-20(27)14-22(23)25(33)31(24)2)32(16-18-7-4-3-5-8-18)26(34)29-21-10-6-9-19(13-21)15-28/h3-14,17H,16H2,1-2H3,(H,29,34). The van der Waals surface area contributed by atoms with Crippen molar-refractivity contribution in [3.8, 4) is 6.07 Å². The van der Waals surface area contributed by atoms with Crippen molar-refractivity contribution in [2.24, 2.45) is 7.05 Å². The number of nitriles is 1. The molecule has 8 heteroatoms. The van der Waals surface area contributed by atoms with Gasteiger partial charge in [-0.3, -0.25) is 9.36 Å². The summed E-state index contributed by atoms with van der Waals surface area (Å²) in [4.78, 5) is 32.8. The number of fused-ring (bicyclic) bond motifs is 1. The highest BCUT2D eigenvalue weighted by molar-refractivity contribution is 6.31. The van der Waals surface area contributed by atoms with Crippen LogP contribution in [-0.2, 0) is 13.6 Å². The molecule has 1 heterocycles. The van der Waals surface area contributed by atoms with Gasteiger partial charge in [0.05, 0.1) is 28.6 Å². The Bertz CT molecular complexity index is 1460. The molecule has 1 atom stereocenters. The van der Waals surface area contributed by atoms with E-state index in [1.54, 1.807) is 54.4 Å². The summed E-state index contributed by atoms with van der Waals surface area (Å²) >= 11 is 6.07. The van der Waals surface area contributed by atoms with E-state index in [0.717, 1.165) is 5.56 Å². The minimum Gasteiger partial charge on any atom is -0.310 e. The Morgan fingerprint density at radius 2 is 1.91 bits per heavy atom. The van der Waals surface area contributed by atoms with Crippen LogP contribution in [0.2, 0.25) is 5.02 Å². The number of benzene rings is 3. The van der Waals surface area contributed by atoms with Crippen LogP contribution < -0.4 is 10.9 Å².